The fourth-order valence-corrected chi connectivity index (χ4v) is 4.15. The van der Waals surface area contributed by atoms with Gasteiger partial charge in [0.15, 0.2) is 5.78 Å². The minimum Gasteiger partial charge on any atom is -0.368 e. The van der Waals surface area contributed by atoms with E-state index in [4.69, 9.17) is 0 Å². The van der Waals surface area contributed by atoms with Gasteiger partial charge in [0, 0.05) is 54.9 Å². The van der Waals surface area contributed by atoms with Gasteiger partial charge < -0.3 is 9.80 Å². The average molecular weight is 483 g/mol. The van der Waals surface area contributed by atoms with E-state index in [1.54, 1.807) is 19.1 Å². The minimum atomic E-state index is -0.141. The number of carbonyl (C=O) groups excluding carboxylic acids is 2. The van der Waals surface area contributed by atoms with Gasteiger partial charge in [0.05, 0.1) is 17.2 Å². The van der Waals surface area contributed by atoms with Crippen LogP contribution in [0.3, 0.4) is 0 Å². The second-order valence-corrected chi connectivity index (χ2v) is 8.54. The van der Waals surface area contributed by atoms with Gasteiger partial charge in [0.2, 0.25) is 5.91 Å². The Bertz CT molecular complexity index is 1180. The zero-order valence-electron chi connectivity index (χ0n) is 17.3. The molecule has 1 amide bonds. The molecule has 0 spiro atoms. The predicted octanol–water partition coefficient (Wildman–Crippen LogP) is 3.10. The van der Waals surface area contributed by atoms with Crippen LogP contribution in [0.2, 0.25) is 0 Å². The van der Waals surface area contributed by atoms with Crippen LogP contribution in [0.4, 0.5) is 5.69 Å². The second-order valence-electron chi connectivity index (χ2n) is 7.63. The summed E-state index contributed by atoms with van der Waals surface area (Å²) < 4.78 is 2.32. The number of amides is 1. The van der Waals surface area contributed by atoms with Crippen LogP contribution >= 0.6 is 15.9 Å². The zero-order chi connectivity index (χ0) is 22.0. The van der Waals surface area contributed by atoms with E-state index >= 15 is 0 Å². The summed E-state index contributed by atoms with van der Waals surface area (Å²) in [4.78, 5) is 45.2. The summed E-state index contributed by atoms with van der Waals surface area (Å²) in [5, 5.41) is 0.536. The fraction of sp³-hybridized carbons (Fsp3) is 0.304. The molecule has 7 nitrogen and oxygen atoms in total. The molecule has 160 valence electrons. The van der Waals surface area contributed by atoms with E-state index in [1.807, 2.05) is 35.2 Å². The Kier molecular flexibility index (Phi) is 6.18. The summed E-state index contributed by atoms with van der Waals surface area (Å²) >= 11 is 3.38. The zero-order valence-corrected chi connectivity index (χ0v) is 18.8. The Morgan fingerprint density at radius 1 is 1.03 bits per heavy atom. The molecule has 0 saturated carbocycles. The van der Waals surface area contributed by atoms with Gasteiger partial charge in [-0.05, 0) is 49.4 Å². The van der Waals surface area contributed by atoms with Crippen molar-refractivity contribution in [3.05, 3.63) is 69.2 Å². The Morgan fingerprint density at radius 3 is 2.42 bits per heavy atom. The highest BCUT2D eigenvalue weighted by Gasteiger charge is 2.21. The molecule has 1 aliphatic rings. The van der Waals surface area contributed by atoms with Crippen LogP contribution in [0.5, 0.6) is 0 Å². The molecule has 0 unspecified atom stereocenters. The number of ketones is 1. The lowest BCUT2D eigenvalue weighted by molar-refractivity contribution is -0.131. The number of halogens is 1. The molecule has 2 aromatic carbocycles. The third kappa shape index (κ3) is 4.69. The van der Waals surface area contributed by atoms with E-state index in [0.717, 1.165) is 23.2 Å². The van der Waals surface area contributed by atoms with Gasteiger partial charge in [-0.15, -0.1) is 0 Å². The molecule has 4 rings (SSSR count). The molecule has 1 aliphatic heterocycles. The first-order chi connectivity index (χ1) is 14.9. The molecule has 8 heteroatoms. The van der Waals surface area contributed by atoms with Crippen molar-refractivity contribution in [2.75, 3.05) is 31.1 Å². The van der Waals surface area contributed by atoms with Gasteiger partial charge in [0.1, 0.15) is 0 Å². The quantitative estimate of drug-likeness (QED) is 0.522. The summed E-state index contributed by atoms with van der Waals surface area (Å²) in [5.41, 5.74) is 2.25. The number of benzene rings is 2. The Morgan fingerprint density at radius 2 is 1.74 bits per heavy atom. The number of aromatic nitrogens is 2. The largest absolute Gasteiger partial charge is 0.368 e. The summed E-state index contributed by atoms with van der Waals surface area (Å²) in [6.07, 6.45) is 1.77. The maximum atomic E-state index is 12.7. The number of carbonyl (C=O) groups is 2. The number of hydrogen-bond donors (Lipinski definition) is 0. The summed E-state index contributed by atoms with van der Waals surface area (Å²) in [7, 11) is 0. The van der Waals surface area contributed by atoms with Crippen molar-refractivity contribution in [3.8, 4) is 0 Å². The van der Waals surface area contributed by atoms with E-state index < -0.39 is 0 Å². The molecule has 0 N–H and O–H groups in total. The predicted molar refractivity (Wildman–Crippen MR) is 124 cm³/mol. The lowest BCUT2D eigenvalue weighted by atomic mass is 10.1. The van der Waals surface area contributed by atoms with Crippen LogP contribution in [-0.2, 0) is 11.3 Å². The standard InChI is InChI=1S/C23H23BrN4O3/c1-16(29)17-2-5-19(6-3-17)26-10-12-27(13-11-26)22(30)8-9-28-15-25-21-7-4-18(24)14-20(21)23(28)31/h2-7,14-15H,8-13H2,1H3. The third-order valence-corrected chi connectivity index (χ3v) is 6.12. The highest BCUT2D eigenvalue weighted by molar-refractivity contribution is 9.10. The van der Waals surface area contributed by atoms with Crippen molar-refractivity contribution in [1.29, 1.82) is 0 Å². The number of fused-ring (bicyclic) bond motifs is 1. The van der Waals surface area contributed by atoms with E-state index in [0.29, 0.717) is 36.1 Å². The number of anilines is 1. The lowest BCUT2D eigenvalue weighted by Gasteiger charge is -2.36. The van der Waals surface area contributed by atoms with Crippen molar-refractivity contribution >= 4 is 44.2 Å². The van der Waals surface area contributed by atoms with Crippen molar-refractivity contribution < 1.29 is 9.59 Å². The van der Waals surface area contributed by atoms with E-state index in [-0.39, 0.29) is 23.7 Å². The number of hydrogen-bond acceptors (Lipinski definition) is 5. The molecule has 0 bridgehead atoms. The van der Waals surface area contributed by atoms with Crippen LogP contribution < -0.4 is 10.5 Å². The van der Waals surface area contributed by atoms with E-state index in [2.05, 4.69) is 25.8 Å². The highest BCUT2D eigenvalue weighted by Crippen LogP contribution is 2.18. The van der Waals surface area contributed by atoms with E-state index in [9.17, 15) is 14.4 Å². The first kappa shape index (κ1) is 21.2. The molecule has 2 heterocycles. The average Bonchev–Trinajstić information content (AvgIpc) is 2.79. The number of nitrogens with zero attached hydrogens (tertiary/aromatic N) is 4. The molecular formula is C23H23BrN4O3. The number of aryl methyl sites for hydroxylation is 1. The Labute approximate surface area is 188 Å². The maximum Gasteiger partial charge on any atom is 0.261 e. The summed E-state index contributed by atoms with van der Waals surface area (Å²) in [5.74, 6) is 0.0862. The number of Topliss-reactive ketones (excluding diaryl/α,β-unsaturated/α-hetero) is 1. The van der Waals surface area contributed by atoms with Crippen LogP contribution in [0, 0.1) is 0 Å². The van der Waals surface area contributed by atoms with Crippen LogP contribution in [0.25, 0.3) is 10.9 Å². The monoisotopic (exact) mass is 482 g/mol. The fourth-order valence-electron chi connectivity index (χ4n) is 3.79. The van der Waals surface area contributed by atoms with Crippen LogP contribution in [-0.4, -0.2) is 52.3 Å². The molecule has 0 atom stereocenters. The normalized spacial score (nSPS) is 14.1. The molecule has 1 fully saturated rings. The van der Waals surface area contributed by atoms with Gasteiger partial charge in [-0.3, -0.25) is 19.0 Å². The molecule has 3 aromatic rings. The number of piperazine rings is 1. The Balaban J connectivity index is 1.34. The second kappa shape index (κ2) is 9.01. The molecule has 31 heavy (non-hydrogen) atoms. The first-order valence-corrected chi connectivity index (χ1v) is 11.0. The van der Waals surface area contributed by atoms with Gasteiger partial charge in [-0.1, -0.05) is 15.9 Å². The molecule has 0 radical (unpaired) electrons. The van der Waals surface area contributed by atoms with Gasteiger partial charge in [0.25, 0.3) is 5.56 Å². The topological polar surface area (TPSA) is 75.5 Å². The van der Waals surface area contributed by atoms with Crippen molar-refractivity contribution in [2.24, 2.45) is 0 Å². The molecular weight excluding hydrogens is 460 g/mol. The summed E-state index contributed by atoms with van der Waals surface area (Å²) in [6.45, 7) is 4.59. The highest BCUT2D eigenvalue weighted by atomic mass is 79.9. The molecule has 0 aliphatic carbocycles. The first-order valence-electron chi connectivity index (χ1n) is 10.2. The minimum absolute atomic E-state index is 0.0350. The van der Waals surface area contributed by atoms with Crippen molar-refractivity contribution in [1.82, 2.24) is 14.5 Å². The van der Waals surface area contributed by atoms with Gasteiger partial charge >= 0.3 is 0 Å². The Hall–Kier alpha value is -3.00. The summed E-state index contributed by atoms with van der Waals surface area (Å²) in [6, 6.07) is 13.0. The maximum absolute atomic E-state index is 12.7. The van der Waals surface area contributed by atoms with Crippen LogP contribution in [0.1, 0.15) is 23.7 Å². The van der Waals surface area contributed by atoms with Crippen LogP contribution in [0.15, 0.2) is 58.1 Å². The molecule has 1 saturated heterocycles. The van der Waals surface area contributed by atoms with Gasteiger partial charge in [-0.25, -0.2) is 4.98 Å². The van der Waals surface area contributed by atoms with Gasteiger partial charge in [-0.2, -0.15) is 0 Å². The SMILES string of the molecule is CC(=O)c1ccc(N2CCN(C(=O)CCn3cnc4ccc(Br)cc4c3=O)CC2)cc1. The van der Waals surface area contributed by atoms with E-state index in [1.165, 1.54) is 10.9 Å². The smallest absolute Gasteiger partial charge is 0.261 e. The number of rotatable bonds is 5. The molecule has 1 aromatic heterocycles. The lowest BCUT2D eigenvalue weighted by Crippen LogP contribution is -2.49. The van der Waals surface area contributed by atoms with Crippen molar-refractivity contribution in [3.63, 3.8) is 0 Å². The third-order valence-electron chi connectivity index (χ3n) is 5.62. The van der Waals surface area contributed by atoms with Crippen molar-refractivity contribution in [2.45, 2.75) is 19.9 Å².